The molecule has 1 aliphatic rings. The molecule has 13 heavy (non-hydrogen) atoms. The number of hydrogen-bond donors (Lipinski definition) is 1. The van der Waals surface area contributed by atoms with Crippen molar-refractivity contribution in [3.63, 3.8) is 0 Å². The Bertz CT molecular complexity index is 422. The highest BCUT2D eigenvalue weighted by Crippen LogP contribution is 2.22. The van der Waals surface area contributed by atoms with E-state index in [0.29, 0.717) is 11.7 Å². The molecule has 1 aromatic heterocycles. The molecule has 0 saturated heterocycles. The molecule has 0 atom stereocenters. The van der Waals surface area contributed by atoms with Gasteiger partial charge in [-0.15, -0.1) is 0 Å². The van der Waals surface area contributed by atoms with Gasteiger partial charge in [0.15, 0.2) is 0 Å². The summed E-state index contributed by atoms with van der Waals surface area (Å²) in [7, 11) is 1.86. The Morgan fingerprint density at radius 1 is 1.62 bits per heavy atom. The van der Waals surface area contributed by atoms with Crippen molar-refractivity contribution in [3.8, 4) is 0 Å². The van der Waals surface area contributed by atoms with E-state index >= 15 is 0 Å². The number of hydrogen-bond acceptors (Lipinski definition) is 2. The van der Waals surface area contributed by atoms with E-state index in [1.807, 2.05) is 18.0 Å². The van der Waals surface area contributed by atoms with E-state index < -0.39 is 0 Å². The van der Waals surface area contributed by atoms with Crippen LogP contribution in [0.1, 0.15) is 11.1 Å². The minimum absolute atomic E-state index is 0.0373. The van der Waals surface area contributed by atoms with E-state index in [-0.39, 0.29) is 5.56 Å². The van der Waals surface area contributed by atoms with E-state index in [0.717, 1.165) is 11.1 Å². The van der Waals surface area contributed by atoms with E-state index in [1.54, 1.807) is 12.3 Å². The van der Waals surface area contributed by atoms with Crippen molar-refractivity contribution in [3.05, 3.63) is 38.9 Å². The van der Waals surface area contributed by atoms with Crippen LogP contribution in [0.15, 0.2) is 22.2 Å². The van der Waals surface area contributed by atoms with Crippen LogP contribution in [0.4, 0.5) is 0 Å². The normalized spacial score (nSPS) is 15.2. The Balaban J connectivity index is 2.63. The molecule has 2 rings (SSSR count). The molecule has 1 N–H and O–H groups in total. The van der Waals surface area contributed by atoms with Gasteiger partial charge in [-0.3, -0.25) is 4.79 Å². The molecular weight excluding hydrogens is 188 g/mol. The van der Waals surface area contributed by atoms with Crippen molar-refractivity contribution in [1.82, 2.24) is 9.88 Å². The van der Waals surface area contributed by atoms with Gasteiger partial charge in [-0.05, 0) is 17.7 Å². The number of aromatic nitrogens is 1. The van der Waals surface area contributed by atoms with Crippen LogP contribution in [-0.4, -0.2) is 16.9 Å². The highest BCUT2D eigenvalue weighted by Gasteiger charge is 2.15. The lowest BCUT2D eigenvalue weighted by atomic mass is 10.1. The lowest BCUT2D eigenvalue weighted by Crippen LogP contribution is -2.25. The predicted octanol–water partition coefficient (Wildman–Crippen LogP) is 1.36. The molecule has 0 unspecified atom stereocenters. The molecule has 0 saturated carbocycles. The average molecular weight is 197 g/mol. The second-order valence-corrected chi connectivity index (χ2v) is 3.45. The molecule has 0 fully saturated rings. The predicted molar refractivity (Wildman–Crippen MR) is 52.4 cm³/mol. The third kappa shape index (κ3) is 1.35. The van der Waals surface area contributed by atoms with Crippen LogP contribution in [0.2, 0.25) is 0 Å². The van der Waals surface area contributed by atoms with Crippen molar-refractivity contribution < 1.29 is 0 Å². The van der Waals surface area contributed by atoms with Gasteiger partial charge in [0.05, 0.1) is 0 Å². The Morgan fingerprint density at radius 3 is 3.15 bits per heavy atom. The first kappa shape index (κ1) is 8.38. The molecular formula is C9H9ClN2O. The third-order valence-electron chi connectivity index (χ3n) is 2.13. The first-order valence-electron chi connectivity index (χ1n) is 3.97. The summed E-state index contributed by atoms with van der Waals surface area (Å²) in [5.41, 5.74) is 1.64. The number of aromatic amines is 1. The van der Waals surface area contributed by atoms with Gasteiger partial charge in [0, 0.05) is 25.4 Å². The maximum Gasteiger partial charge on any atom is 0.253 e. The average Bonchev–Trinajstić information content (AvgIpc) is 2.09. The second-order valence-electron chi connectivity index (χ2n) is 3.06. The first-order chi connectivity index (χ1) is 6.18. The van der Waals surface area contributed by atoms with E-state index in [2.05, 4.69) is 4.98 Å². The molecule has 2 heterocycles. The zero-order valence-electron chi connectivity index (χ0n) is 7.17. The van der Waals surface area contributed by atoms with Crippen LogP contribution < -0.4 is 5.56 Å². The van der Waals surface area contributed by atoms with Crippen LogP contribution in [0.25, 0.3) is 6.08 Å². The number of halogens is 1. The molecule has 1 aromatic rings. The van der Waals surface area contributed by atoms with Crippen LogP contribution in [-0.2, 0) is 6.54 Å². The summed E-state index contributed by atoms with van der Waals surface area (Å²) in [6.07, 6.45) is 3.43. The highest BCUT2D eigenvalue weighted by atomic mass is 35.5. The molecule has 0 aromatic carbocycles. The summed E-state index contributed by atoms with van der Waals surface area (Å²) in [4.78, 5) is 15.8. The maximum absolute atomic E-state index is 11.4. The number of nitrogens with zero attached hydrogens (tertiary/aromatic N) is 1. The minimum atomic E-state index is -0.0373. The van der Waals surface area contributed by atoms with Gasteiger partial charge in [-0.25, -0.2) is 0 Å². The van der Waals surface area contributed by atoms with Gasteiger partial charge in [0.25, 0.3) is 5.56 Å². The molecule has 0 aliphatic carbocycles. The number of rotatable bonds is 0. The van der Waals surface area contributed by atoms with Crippen molar-refractivity contribution in [2.75, 3.05) is 7.05 Å². The van der Waals surface area contributed by atoms with Crippen molar-refractivity contribution in [2.24, 2.45) is 0 Å². The van der Waals surface area contributed by atoms with Crippen molar-refractivity contribution in [2.45, 2.75) is 6.54 Å². The molecule has 1 aliphatic heterocycles. The lowest BCUT2D eigenvalue weighted by Gasteiger charge is -2.23. The standard InChI is InChI=1S/C9H9ClN2O/c1-12-5-7-6(4-8(12)10)2-3-11-9(7)13/h2-4H,5H2,1H3,(H,11,13). The fourth-order valence-electron chi connectivity index (χ4n) is 1.38. The molecule has 0 amide bonds. The number of H-pyrrole nitrogens is 1. The summed E-state index contributed by atoms with van der Waals surface area (Å²) in [5, 5.41) is 0.665. The molecule has 68 valence electrons. The van der Waals surface area contributed by atoms with Crippen LogP contribution in [0, 0.1) is 0 Å². The van der Waals surface area contributed by atoms with Gasteiger partial charge in [-0.2, -0.15) is 0 Å². The monoisotopic (exact) mass is 196 g/mol. The smallest absolute Gasteiger partial charge is 0.253 e. The summed E-state index contributed by atoms with van der Waals surface area (Å²) >= 11 is 5.92. The Hall–Kier alpha value is -1.22. The van der Waals surface area contributed by atoms with Crippen LogP contribution in [0.3, 0.4) is 0 Å². The van der Waals surface area contributed by atoms with Crippen molar-refractivity contribution >= 4 is 17.7 Å². The fraction of sp³-hybridized carbons (Fsp3) is 0.222. The molecule has 0 bridgehead atoms. The van der Waals surface area contributed by atoms with E-state index in [4.69, 9.17) is 11.6 Å². The maximum atomic E-state index is 11.4. The number of fused-ring (bicyclic) bond motifs is 1. The number of nitrogens with one attached hydrogen (secondary N) is 1. The summed E-state index contributed by atoms with van der Waals surface area (Å²) in [6, 6.07) is 1.85. The summed E-state index contributed by atoms with van der Waals surface area (Å²) in [5.74, 6) is 0. The van der Waals surface area contributed by atoms with Gasteiger partial charge in [0.2, 0.25) is 0 Å². The Labute approximate surface area is 80.6 Å². The molecule has 0 radical (unpaired) electrons. The molecule has 3 nitrogen and oxygen atoms in total. The lowest BCUT2D eigenvalue weighted by molar-refractivity contribution is 0.432. The number of pyridine rings is 1. The highest BCUT2D eigenvalue weighted by molar-refractivity contribution is 6.31. The Morgan fingerprint density at radius 2 is 2.38 bits per heavy atom. The molecule has 0 spiro atoms. The fourth-order valence-corrected chi connectivity index (χ4v) is 1.55. The van der Waals surface area contributed by atoms with Gasteiger partial charge < -0.3 is 9.88 Å². The largest absolute Gasteiger partial charge is 0.361 e. The SMILES string of the molecule is CN1Cc2c(cc[nH]c2=O)C=C1Cl. The quantitative estimate of drug-likeness (QED) is 0.636. The first-order valence-corrected chi connectivity index (χ1v) is 4.35. The van der Waals surface area contributed by atoms with Gasteiger partial charge in [0.1, 0.15) is 5.16 Å². The zero-order valence-corrected chi connectivity index (χ0v) is 7.93. The molecule has 4 heteroatoms. The van der Waals surface area contributed by atoms with Gasteiger partial charge in [-0.1, -0.05) is 11.6 Å². The third-order valence-corrected chi connectivity index (χ3v) is 2.53. The topological polar surface area (TPSA) is 36.1 Å². The minimum Gasteiger partial charge on any atom is -0.361 e. The van der Waals surface area contributed by atoms with Crippen molar-refractivity contribution in [1.29, 1.82) is 0 Å². The van der Waals surface area contributed by atoms with Crippen LogP contribution >= 0.6 is 11.6 Å². The summed E-state index contributed by atoms with van der Waals surface area (Å²) < 4.78 is 0. The van der Waals surface area contributed by atoms with Gasteiger partial charge >= 0.3 is 0 Å². The van der Waals surface area contributed by atoms with E-state index in [9.17, 15) is 4.79 Å². The van der Waals surface area contributed by atoms with Crippen LogP contribution in [0.5, 0.6) is 0 Å². The summed E-state index contributed by atoms with van der Waals surface area (Å²) in [6.45, 7) is 0.570. The van der Waals surface area contributed by atoms with E-state index in [1.165, 1.54) is 0 Å². The Kier molecular flexibility index (Phi) is 1.88. The second kappa shape index (κ2) is 2.92. The zero-order chi connectivity index (χ0) is 9.42.